The van der Waals surface area contributed by atoms with E-state index in [2.05, 4.69) is 9.59 Å². The standard InChI is InChI=1S/C10H16N4OS/c1-2-8-9(16-13-12-8)10(15)14-5-3-4-7(11)6-14/h7H,2-6,11H2,1H3/t7-/m1/s1. The fourth-order valence-corrected chi connectivity index (χ4v) is 2.66. The Morgan fingerprint density at radius 2 is 2.50 bits per heavy atom. The lowest BCUT2D eigenvalue weighted by Crippen LogP contribution is -2.45. The zero-order chi connectivity index (χ0) is 11.5. The van der Waals surface area contributed by atoms with Crippen LogP contribution in [0.4, 0.5) is 0 Å². The molecule has 0 spiro atoms. The van der Waals surface area contributed by atoms with Crippen LogP contribution in [0.1, 0.15) is 35.1 Å². The van der Waals surface area contributed by atoms with Gasteiger partial charge in [0.25, 0.3) is 5.91 Å². The summed E-state index contributed by atoms with van der Waals surface area (Å²) in [5.41, 5.74) is 6.67. The van der Waals surface area contributed by atoms with Gasteiger partial charge in [-0.25, -0.2) is 0 Å². The van der Waals surface area contributed by atoms with E-state index in [-0.39, 0.29) is 11.9 Å². The molecule has 16 heavy (non-hydrogen) atoms. The monoisotopic (exact) mass is 240 g/mol. The Morgan fingerprint density at radius 1 is 1.69 bits per heavy atom. The van der Waals surface area contributed by atoms with Crippen molar-refractivity contribution in [2.45, 2.75) is 32.2 Å². The van der Waals surface area contributed by atoms with Crippen LogP contribution in [-0.2, 0) is 6.42 Å². The average molecular weight is 240 g/mol. The largest absolute Gasteiger partial charge is 0.336 e. The van der Waals surface area contributed by atoms with Gasteiger partial charge < -0.3 is 10.6 Å². The number of nitrogens with zero attached hydrogens (tertiary/aromatic N) is 3. The van der Waals surface area contributed by atoms with E-state index in [1.807, 2.05) is 11.8 Å². The van der Waals surface area contributed by atoms with Gasteiger partial charge in [-0.3, -0.25) is 4.79 Å². The molecule has 1 aromatic rings. The summed E-state index contributed by atoms with van der Waals surface area (Å²) >= 11 is 1.18. The minimum Gasteiger partial charge on any atom is -0.336 e. The molecule has 0 aromatic carbocycles. The van der Waals surface area contributed by atoms with Crippen LogP contribution in [0.3, 0.4) is 0 Å². The lowest BCUT2D eigenvalue weighted by Gasteiger charge is -2.30. The molecule has 1 saturated heterocycles. The van der Waals surface area contributed by atoms with Gasteiger partial charge in [0.15, 0.2) is 0 Å². The van der Waals surface area contributed by atoms with E-state index in [1.54, 1.807) is 0 Å². The van der Waals surface area contributed by atoms with Crippen molar-refractivity contribution in [3.8, 4) is 0 Å². The molecule has 6 heteroatoms. The Hall–Kier alpha value is -1.01. The predicted molar refractivity (Wildman–Crippen MR) is 62.4 cm³/mol. The molecule has 1 aliphatic rings. The summed E-state index contributed by atoms with van der Waals surface area (Å²) in [6, 6.07) is 0.114. The maximum atomic E-state index is 12.2. The third kappa shape index (κ3) is 2.22. The van der Waals surface area contributed by atoms with Crippen molar-refractivity contribution in [3.05, 3.63) is 10.6 Å². The van der Waals surface area contributed by atoms with Crippen molar-refractivity contribution in [3.63, 3.8) is 0 Å². The summed E-state index contributed by atoms with van der Waals surface area (Å²) in [6.07, 6.45) is 2.74. The van der Waals surface area contributed by atoms with Gasteiger partial charge in [-0.15, -0.1) is 5.10 Å². The highest BCUT2D eigenvalue weighted by molar-refractivity contribution is 7.08. The highest BCUT2D eigenvalue weighted by atomic mass is 32.1. The maximum absolute atomic E-state index is 12.2. The smallest absolute Gasteiger partial charge is 0.267 e. The van der Waals surface area contributed by atoms with Crippen molar-refractivity contribution in [2.75, 3.05) is 13.1 Å². The van der Waals surface area contributed by atoms with Crippen molar-refractivity contribution in [2.24, 2.45) is 5.73 Å². The van der Waals surface area contributed by atoms with Crippen LogP contribution >= 0.6 is 11.5 Å². The zero-order valence-electron chi connectivity index (χ0n) is 9.35. The van der Waals surface area contributed by atoms with E-state index in [0.29, 0.717) is 11.4 Å². The molecule has 1 aliphatic heterocycles. The maximum Gasteiger partial charge on any atom is 0.267 e. The van der Waals surface area contributed by atoms with E-state index >= 15 is 0 Å². The van der Waals surface area contributed by atoms with Crippen LogP contribution in [0, 0.1) is 0 Å². The number of likely N-dealkylation sites (tertiary alicyclic amines) is 1. The van der Waals surface area contributed by atoms with Gasteiger partial charge in [0.05, 0.1) is 5.69 Å². The molecule has 1 aromatic heterocycles. The number of piperidine rings is 1. The molecular formula is C10H16N4OS. The number of aromatic nitrogens is 2. The van der Waals surface area contributed by atoms with Gasteiger partial charge in [-0.05, 0) is 30.8 Å². The molecule has 0 radical (unpaired) electrons. The van der Waals surface area contributed by atoms with Crippen LogP contribution in [0.5, 0.6) is 0 Å². The Kier molecular flexibility index (Phi) is 3.50. The predicted octanol–water partition coefficient (Wildman–Crippen LogP) is 0.664. The molecule has 0 unspecified atom stereocenters. The number of carbonyl (C=O) groups is 1. The topological polar surface area (TPSA) is 72.1 Å². The minimum atomic E-state index is 0.0435. The molecule has 1 amide bonds. The Morgan fingerprint density at radius 3 is 3.19 bits per heavy atom. The van der Waals surface area contributed by atoms with Gasteiger partial charge in [0.2, 0.25) is 0 Å². The molecule has 0 bridgehead atoms. The minimum absolute atomic E-state index is 0.0435. The normalized spacial score (nSPS) is 21.1. The van der Waals surface area contributed by atoms with Gasteiger partial charge >= 0.3 is 0 Å². The molecule has 2 heterocycles. The van der Waals surface area contributed by atoms with Crippen LogP contribution in [0.2, 0.25) is 0 Å². The van der Waals surface area contributed by atoms with Crippen LogP contribution in [0.15, 0.2) is 0 Å². The molecule has 88 valence electrons. The molecule has 2 N–H and O–H groups in total. The summed E-state index contributed by atoms with van der Waals surface area (Å²) < 4.78 is 3.84. The van der Waals surface area contributed by atoms with E-state index < -0.39 is 0 Å². The summed E-state index contributed by atoms with van der Waals surface area (Å²) in [7, 11) is 0. The number of aryl methyl sites for hydroxylation is 1. The van der Waals surface area contributed by atoms with Gasteiger partial charge in [0.1, 0.15) is 4.88 Å². The van der Waals surface area contributed by atoms with Crippen molar-refractivity contribution in [1.29, 1.82) is 0 Å². The van der Waals surface area contributed by atoms with E-state index in [1.165, 1.54) is 11.5 Å². The van der Waals surface area contributed by atoms with Crippen molar-refractivity contribution < 1.29 is 4.79 Å². The highest BCUT2D eigenvalue weighted by Gasteiger charge is 2.25. The number of rotatable bonds is 2. The second-order valence-corrected chi connectivity index (χ2v) is 4.81. The van der Waals surface area contributed by atoms with Crippen LogP contribution in [0.25, 0.3) is 0 Å². The first-order valence-electron chi connectivity index (χ1n) is 5.58. The second kappa shape index (κ2) is 4.88. The van der Waals surface area contributed by atoms with Crippen molar-refractivity contribution >= 4 is 17.4 Å². The van der Waals surface area contributed by atoms with Crippen molar-refractivity contribution in [1.82, 2.24) is 14.5 Å². The first-order chi connectivity index (χ1) is 7.72. The molecule has 1 atom stereocenters. The Bertz CT molecular complexity index is 379. The number of amides is 1. The van der Waals surface area contributed by atoms with Crippen LogP contribution in [-0.4, -0.2) is 39.5 Å². The fourth-order valence-electron chi connectivity index (χ4n) is 1.94. The quantitative estimate of drug-likeness (QED) is 0.824. The van der Waals surface area contributed by atoms with Crippen LogP contribution < -0.4 is 5.73 Å². The molecule has 0 saturated carbocycles. The second-order valence-electron chi connectivity index (χ2n) is 4.06. The fraction of sp³-hybridized carbons (Fsp3) is 0.700. The highest BCUT2D eigenvalue weighted by Crippen LogP contribution is 2.17. The van der Waals surface area contributed by atoms with Gasteiger partial charge in [-0.2, -0.15) is 0 Å². The number of hydrogen-bond acceptors (Lipinski definition) is 5. The number of hydrogen-bond donors (Lipinski definition) is 1. The molecule has 2 rings (SSSR count). The lowest BCUT2D eigenvalue weighted by atomic mass is 10.1. The average Bonchev–Trinajstić information content (AvgIpc) is 2.76. The first kappa shape index (κ1) is 11.5. The SMILES string of the molecule is CCc1nnsc1C(=O)N1CCC[C@@H](N)C1. The molecule has 5 nitrogen and oxygen atoms in total. The number of nitrogens with two attached hydrogens (primary N) is 1. The van der Waals surface area contributed by atoms with Gasteiger partial charge in [0, 0.05) is 19.1 Å². The van der Waals surface area contributed by atoms with E-state index in [9.17, 15) is 4.79 Å². The first-order valence-corrected chi connectivity index (χ1v) is 6.35. The zero-order valence-corrected chi connectivity index (χ0v) is 10.2. The molecular weight excluding hydrogens is 224 g/mol. The molecule has 1 fully saturated rings. The summed E-state index contributed by atoms with van der Waals surface area (Å²) in [5, 5.41) is 3.96. The third-order valence-corrected chi connectivity index (χ3v) is 3.59. The summed E-state index contributed by atoms with van der Waals surface area (Å²) in [5.74, 6) is 0.0435. The summed E-state index contributed by atoms with van der Waals surface area (Å²) in [6.45, 7) is 3.43. The Labute approximate surface area is 98.8 Å². The molecule has 0 aliphatic carbocycles. The van der Waals surface area contributed by atoms with Gasteiger partial charge in [-0.1, -0.05) is 11.4 Å². The van der Waals surface area contributed by atoms with E-state index in [0.717, 1.165) is 31.5 Å². The number of carbonyl (C=O) groups excluding carboxylic acids is 1. The Balaban J connectivity index is 2.12. The summed E-state index contributed by atoms with van der Waals surface area (Å²) in [4.78, 5) is 14.7. The van der Waals surface area contributed by atoms with E-state index in [4.69, 9.17) is 5.73 Å². The third-order valence-electron chi connectivity index (χ3n) is 2.83. The lowest BCUT2D eigenvalue weighted by molar-refractivity contribution is 0.0712.